The third-order valence-corrected chi connectivity index (χ3v) is 5.25. The van der Waals surface area contributed by atoms with Gasteiger partial charge in [-0.1, -0.05) is 30.0 Å². The monoisotopic (exact) mass is 358 g/mol. The van der Waals surface area contributed by atoms with Crippen molar-refractivity contribution in [3.05, 3.63) is 0 Å². The van der Waals surface area contributed by atoms with Crippen LogP contribution in [0.1, 0.15) is 33.1 Å². The quantitative estimate of drug-likeness (QED) is 0.611. The van der Waals surface area contributed by atoms with E-state index in [2.05, 4.69) is 20.3 Å². The molecule has 10 heteroatoms. The summed E-state index contributed by atoms with van der Waals surface area (Å²) in [7, 11) is 1.19. The average Bonchev–Trinajstić information content (AvgIpc) is 3.26. The van der Waals surface area contributed by atoms with Crippen molar-refractivity contribution in [3.63, 3.8) is 0 Å². The molecule has 0 bridgehead atoms. The first-order valence-corrected chi connectivity index (χ1v) is 8.86. The van der Waals surface area contributed by atoms with Gasteiger partial charge in [0.25, 0.3) is 0 Å². The molecule has 0 aliphatic heterocycles. The third-order valence-electron chi connectivity index (χ3n) is 3.14. The van der Waals surface area contributed by atoms with Gasteiger partial charge in [-0.2, -0.15) is 0 Å². The lowest BCUT2D eigenvalue weighted by Crippen LogP contribution is -2.35. The van der Waals surface area contributed by atoms with Crippen LogP contribution in [0.4, 0.5) is 9.93 Å². The van der Waals surface area contributed by atoms with E-state index in [-0.39, 0.29) is 11.9 Å². The van der Waals surface area contributed by atoms with E-state index >= 15 is 0 Å². The van der Waals surface area contributed by atoms with Crippen LogP contribution < -0.4 is 10.2 Å². The molecule has 1 fully saturated rings. The number of hydrogen-bond acceptors (Lipinski definition) is 8. The number of carbonyl (C=O) groups excluding carboxylic acids is 3. The number of anilines is 1. The van der Waals surface area contributed by atoms with Gasteiger partial charge in [-0.3, -0.25) is 19.8 Å². The van der Waals surface area contributed by atoms with Crippen LogP contribution in [-0.2, 0) is 14.3 Å². The molecule has 1 heterocycles. The van der Waals surface area contributed by atoms with E-state index in [0.717, 1.165) is 12.8 Å². The molecule has 1 N–H and O–H groups in total. The van der Waals surface area contributed by atoms with E-state index in [9.17, 15) is 14.4 Å². The summed E-state index contributed by atoms with van der Waals surface area (Å²) in [5.74, 6) is -0.445. The molecular formula is C13H18N4O4S2. The van der Waals surface area contributed by atoms with E-state index < -0.39 is 17.3 Å². The minimum atomic E-state index is -0.797. The topological polar surface area (TPSA) is 101 Å². The Morgan fingerprint density at radius 2 is 2.13 bits per heavy atom. The van der Waals surface area contributed by atoms with Crippen LogP contribution >= 0.6 is 23.1 Å². The highest BCUT2D eigenvalue weighted by molar-refractivity contribution is 8.02. The number of rotatable bonds is 6. The predicted molar refractivity (Wildman–Crippen MR) is 86.6 cm³/mol. The predicted octanol–water partition coefficient (Wildman–Crippen LogP) is 1.81. The van der Waals surface area contributed by atoms with Crippen LogP contribution in [0.5, 0.6) is 0 Å². The highest BCUT2D eigenvalue weighted by atomic mass is 32.2. The number of hydrogen-bond donors (Lipinski definition) is 1. The maximum absolute atomic E-state index is 12.0. The molecule has 0 unspecified atom stereocenters. The van der Waals surface area contributed by atoms with Crippen molar-refractivity contribution in [1.82, 2.24) is 15.5 Å². The minimum absolute atomic E-state index is 0.0247. The van der Waals surface area contributed by atoms with Gasteiger partial charge in [-0.05, 0) is 19.8 Å². The Bertz CT molecular complexity index is 603. The number of amides is 3. The smallest absolute Gasteiger partial charge is 0.413 e. The van der Waals surface area contributed by atoms with Gasteiger partial charge in [0.1, 0.15) is 0 Å². The van der Waals surface area contributed by atoms with Crippen molar-refractivity contribution < 1.29 is 19.1 Å². The Labute approximate surface area is 142 Å². The molecule has 23 heavy (non-hydrogen) atoms. The zero-order valence-electron chi connectivity index (χ0n) is 13.1. The Morgan fingerprint density at radius 1 is 1.43 bits per heavy atom. The summed E-state index contributed by atoms with van der Waals surface area (Å²) >= 11 is 2.45. The first kappa shape index (κ1) is 17.7. The Hall–Kier alpha value is -1.68. The van der Waals surface area contributed by atoms with Gasteiger partial charge >= 0.3 is 6.09 Å². The Balaban J connectivity index is 1.99. The third kappa shape index (κ3) is 4.64. The molecule has 1 atom stereocenters. The number of alkyl carbamates (subject to hydrolysis) is 1. The summed E-state index contributed by atoms with van der Waals surface area (Å²) in [5.41, 5.74) is 0. The molecule has 0 saturated heterocycles. The Kier molecular flexibility index (Phi) is 5.94. The number of ether oxygens (including phenoxy) is 1. The minimum Gasteiger partial charge on any atom is -0.453 e. The van der Waals surface area contributed by atoms with Gasteiger partial charge in [-0.15, -0.1) is 10.2 Å². The van der Waals surface area contributed by atoms with Crippen LogP contribution in [0.15, 0.2) is 4.34 Å². The summed E-state index contributed by atoms with van der Waals surface area (Å²) in [4.78, 5) is 36.5. The van der Waals surface area contributed by atoms with Crippen LogP contribution in [0.3, 0.4) is 0 Å². The number of carbonyl (C=O) groups is 3. The van der Waals surface area contributed by atoms with Gasteiger partial charge in [0, 0.05) is 12.5 Å². The lowest BCUT2D eigenvalue weighted by Gasteiger charge is -2.17. The second kappa shape index (κ2) is 7.73. The highest BCUT2D eigenvalue weighted by Gasteiger charge is 2.35. The van der Waals surface area contributed by atoms with Gasteiger partial charge in [-0.25, -0.2) is 4.79 Å². The second-order valence-electron chi connectivity index (χ2n) is 4.94. The molecule has 2 rings (SSSR count). The largest absolute Gasteiger partial charge is 0.453 e. The van der Waals surface area contributed by atoms with E-state index in [0.29, 0.717) is 15.9 Å². The SMILES string of the molecule is CCC(=O)N(c1nnc(S[C@@H](C)C(=O)NC(=O)OC)s1)C1CC1. The standard InChI is InChI=1S/C13H18N4O4S2/c1-4-9(18)17(8-5-6-8)11-15-16-13(23-11)22-7(2)10(19)14-12(20)21-3/h7-8H,4-6H2,1-3H3,(H,14,19,20)/t7-/m0/s1. The number of thioether (sulfide) groups is 1. The van der Waals surface area contributed by atoms with Gasteiger partial charge in [0.2, 0.25) is 16.9 Å². The molecule has 3 amide bonds. The Morgan fingerprint density at radius 3 is 2.70 bits per heavy atom. The molecule has 0 radical (unpaired) electrons. The molecular weight excluding hydrogens is 340 g/mol. The maximum Gasteiger partial charge on any atom is 0.413 e. The van der Waals surface area contributed by atoms with Crippen molar-refractivity contribution in [2.24, 2.45) is 0 Å². The van der Waals surface area contributed by atoms with Crippen LogP contribution in [0, 0.1) is 0 Å². The number of nitrogens with one attached hydrogen (secondary N) is 1. The number of imide groups is 1. The normalized spacial score (nSPS) is 14.9. The zero-order valence-corrected chi connectivity index (χ0v) is 14.7. The lowest BCUT2D eigenvalue weighted by atomic mass is 10.4. The van der Waals surface area contributed by atoms with Gasteiger partial charge in [0.15, 0.2) is 4.34 Å². The molecule has 0 spiro atoms. The molecule has 8 nitrogen and oxygen atoms in total. The zero-order chi connectivity index (χ0) is 17.0. The van der Waals surface area contributed by atoms with Crippen molar-refractivity contribution in [2.45, 2.75) is 48.7 Å². The molecule has 1 aliphatic rings. The summed E-state index contributed by atoms with van der Waals surface area (Å²) in [6.45, 7) is 3.47. The van der Waals surface area contributed by atoms with Crippen molar-refractivity contribution in [2.75, 3.05) is 12.0 Å². The summed E-state index contributed by atoms with van der Waals surface area (Å²) in [5, 5.41) is 10.2. The van der Waals surface area contributed by atoms with E-state index in [1.807, 2.05) is 6.92 Å². The van der Waals surface area contributed by atoms with Crippen molar-refractivity contribution in [3.8, 4) is 0 Å². The highest BCUT2D eigenvalue weighted by Crippen LogP contribution is 2.37. The van der Waals surface area contributed by atoms with Crippen LogP contribution in [0.25, 0.3) is 0 Å². The number of nitrogens with zero attached hydrogens (tertiary/aromatic N) is 3. The molecule has 126 valence electrons. The summed E-state index contributed by atoms with van der Waals surface area (Å²) < 4.78 is 4.95. The molecule has 1 saturated carbocycles. The molecule has 1 aliphatic carbocycles. The maximum atomic E-state index is 12.0. The fourth-order valence-electron chi connectivity index (χ4n) is 1.78. The van der Waals surface area contributed by atoms with Gasteiger partial charge in [0.05, 0.1) is 12.4 Å². The number of methoxy groups -OCH3 is 1. The van der Waals surface area contributed by atoms with Gasteiger partial charge < -0.3 is 4.74 Å². The van der Waals surface area contributed by atoms with E-state index in [1.54, 1.807) is 11.8 Å². The van der Waals surface area contributed by atoms with Crippen LogP contribution in [0.2, 0.25) is 0 Å². The summed E-state index contributed by atoms with van der Waals surface area (Å²) in [6, 6.07) is 0.216. The fraction of sp³-hybridized carbons (Fsp3) is 0.615. The van der Waals surface area contributed by atoms with E-state index in [4.69, 9.17) is 0 Å². The number of aromatic nitrogens is 2. The molecule has 1 aromatic heterocycles. The molecule has 1 aromatic rings. The first-order valence-electron chi connectivity index (χ1n) is 7.17. The van der Waals surface area contributed by atoms with E-state index in [1.165, 1.54) is 30.2 Å². The average molecular weight is 358 g/mol. The first-order chi connectivity index (χ1) is 11.0. The molecule has 0 aromatic carbocycles. The van der Waals surface area contributed by atoms with Crippen molar-refractivity contribution >= 4 is 46.1 Å². The lowest BCUT2D eigenvalue weighted by molar-refractivity contribution is -0.120. The van der Waals surface area contributed by atoms with Crippen molar-refractivity contribution in [1.29, 1.82) is 0 Å². The second-order valence-corrected chi connectivity index (χ2v) is 7.48. The van der Waals surface area contributed by atoms with Crippen LogP contribution in [-0.4, -0.2) is 46.5 Å². The summed E-state index contributed by atoms with van der Waals surface area (Å²) in [6.07, 6.45) is 1.57. The fourth-order valence-corrected chi connectivity index (χ4v) is 3.85.